The smallest absolute Gasteiger partial charge is 0.163 e. The molecule has 0 spiro atoms. The monoisotopic (exact) mass is 322 g/mol. The zero-order chi connectivity index (χ0) is 17.0. The van der Waals surface area contributed by atoms with Crippen LogP contribution in [-0.2, 0) is 9.47 Å². The number of ether oxygens (including phenoxy) is 2. The van der Waals surface area contributed by atoms with Crippen molar-refractivity contribution in [1.82, 2.24) is 5.32 Å². The minimum atomic E-state index is -0.645. The molecule has 1 fully saturated rings. The Morgan fingerprint density at radius 2 is 1.71 bits per heavy atom. The highest BCUT2D eigenvalue weighted by Crippen LogP contribution is 2.34. The van der Waals surface area contributed by atoms with Gasteiger partial charge in [0.15, 0.2) is 5.79 Å². The summed E-state index contributed by atoms with van der Waals surface area (Å²) in [6.45, 7) is 4.31. The standard InChI is InChI=1S/C20H22N2O2/c1-20(2)23-14-18(19(24-20)16-11-7-4-8-12-16)22-17(13-21)15-9-5-3-6-10-15/h3-12,17-19,22H,14H2,1-2H3/t17-,18+,19+/m1/s1. The maximum Gasteiger partial charge on any atom is 0.163 e. The summed E-state index contributed by atoms with van der Waals surface area (Å²) in [4.78, 5) is 0. The molecule has 0 amide bonds. The summed E-state index contributed by atoms with van der Waals surface area (Å²) in [7, 11) is 0. The van der Waals surface area contributed by atoms with E-state index in [0.29, 0.717) is 6.61 Å². The summed E-state index contributed by atoms with van der Waals surface area (Å²) in [5, 5.41) is 13.0. The van der Waals surface area contributed by atoms with E-state index in [1.165, 1.54) is 0 Å². The van der Waals surface area contributed by atoms with Gasteiger partial charge in [-0.1, -0.05) is 60.7 Å². The van der Waals surface area contributed by atoms with Gasteiger partial charge in [-0.25, -0.2) is 0 Å². The number of hydrogen-bond acceptors (Lipinski definition) is 4. The second-order valence-electron chi connectivity index (χ2n) is 6.41. The minimum Gasteiger partial charge on any atom is -0.349 e. The van der Waals surface area contributed by atoms with Crippen LogP contribution in [0, 0.1) is 11.3 Å². The number of nitriles is 1. The van der Waals surface area contributed by atoms with E-state index < -0.39 is 11.8 Å². The second kappa shape index (κ2) is 7.14. The van der Waals surface area contributed by atoms with Crippen molar-refractivity contribution >= 4 is 0 Å². The van der Waals surface area contributed by atoms with E-state index in [2.05, 4.69) is 11.4 Å². The summed E-state index contributed by atoms with van der Waals surface area (Å²) in [6, 6.07) is 21.6. The summed E-state index contributed by atoms with van der Waals surface area (Å²) in [5.74, 6) is -0.645. The van der Waals surface area contributed by atoms with Crippen LogP contribution in [-0.4, -0.2) is 18.4 Å². The molecule has 3 rings (SSSR count). The Bertz CT molecular complexity index is 695. The number of rotatable bonds is 4. The highest BCUT2D eigenvalue weighted by atomic mass is 16.7. The van der Waals surface area contributed by atoms with E-state index in [0.717, 1.165) is 11.1 Å². The molecule has 1 aliphatic rings. The Kier molecular flexibility index (Phi) is 4.96. The zero-order valence-electron chi connectivity index (χ0n) is 14.0. The molecule has 1 aliphatic heterocycles. The Hall–Kier alpha value is -2.19. The lowest BCUT2D eigenvalue weighted by molar-refractivity contribution is -0.285. The highest BCUT2D eigenvalue weighted by molar-refractivity contribution is 5.25. The number of hydrogen-bond donors (Lipinski definition) is 1. The molecule has 1 heterocycles. The minimum absolute atomic E-state index is 0.106. The predicted molar refractivity (Wildman–Crippen MR) is 92.0 cm³/mol. The lowest BCUT2D eigenvalue weighted by Crippen LogP contribution is -2.51. The molecule has 2 aromatic rings. The summed E-state index contributed by atoms with van der Waals surface area (Å²) < 4.78 is 12.0. The van der Waals surface area contributed by atoms with Crippen LogP contribution in [0.4, 0.5) is 0 Å². The van der Waals surface area contributed by atoms with E-state index in [1.54, 1.807) is 0 Å². The zero-order valence-corrected chi connectivity index (χ0v) is 14.0. The van der Waals surface area contributed by atoms with Crippen molar-refractivity contribution in [1.29, 1.82) is 5.26 Å². The fourth-order valence-electron chi connectivity index (χ4n) is 2.95. The van der Waals surface area contributed by atoms with Gasteiger partial charge in [-0.15, -0.1) is 0 Å². The molecule has 0 unspecified atom stereocenters. The van der Waals surface area contributed by atoms with Crippen LogP contribution in [0.5, 0.6) is 0 Å². The predicted octanol–water partition coefficient (Wildman–Crippen LogP) is 3.73. The van der Waals surface area contributed by atoms with Gasteiger partial charge in [-0.3, -0.25) is 5.32 Å². The van der Waals surface area contributed by atoms with Crippen LogP contribution in [0.15, 0.2) is 60.7 Å². The van der Waals surface area contributed by atoms with Gasteiger partial charge in [0, 0.05) is 0 Å². The third-order valence-corrected chi connectivity index (χ3v) is 4.16. The molecule has 0 radical (unpaired) electrons. The van der Waals surface area contributed by atoms with Gasteiger partial charge in [0.1, 0.15) is 12.1 Å². The Labute approximate surface area is 143 Å². The third-order valence-electron chi connectivity index (χ3n) is 4.16. The van der Waals surface area contributed by atoms with E-state index >= 15 is 0 Å². The van der Waals surface area contributed by atoms with Gasteiger partial charge >= 0.3 is 0 Å². The SMILES string of the molecule is CC1(C)OC[C@H](N[C@H](C#N)c2ccccc2)[C@H](c2ccccc2)O1. The van der Waals surface area contributed by atoms with Gasteiger partial charge in [0.2, 0.25) is 0 Å². The molecule has 4 nitrogen and oxygen atoms in total. The van der Waals surface area contributed by atoms with Crippen molar-refractivity contribution in [3.8, 4) is 6.07 Å². The first kappa shape index (κ1) is 16.7. The first-order chi connectivity index (χ1) is 11.6. The Morgan fingerprint density at radius 3 is 2.33 bits per heavy atom. The van der Waals surface area contributed by atoms with Gasteiger partial charge in [0.25, 0.3) is 0 Å². The molecule has 124 valence electrons. The normalized spacial score (nSPS) is 24.0. The van der Waals surface area contributed by atoms with Crippen molar-refractivity contribution in [2.45, 2.75) is 37.8 Å². The molecular formula is C20H22N2O2. The Morgan fingerprint density at radius 1 is 1.08 bits per heavy atom. The molecule has 1 saturated heterocycles. The second-order valence-corrected chi connectivity index (χ2v) is 6.41. The van der Waals surface area contributed by atoms with Gasteiger partial charge in [-0.2, -0.15) is 5.26 Å². The van der Waals surface area contributed by atoms with Crippen LogP contribution in [0.25, 0.3) is 0 Å². The van der Waals surface area contributed by atoms with Crippen molar-refractivity contribution < 1.29 is 9.47 Å². The van der Waals surface area contributed by atoms with Gasteiger partial charge in [-0.05, 0) is 25.0 Å². The van der Waals surface area contributed by atoms with E-state index in [-0.39, 0.29) is 12.1 Å². The molecule has 0 saturated carbocycles. The molecule has 0 bridgehead atoms. The average molecular weight is 322 g/mol. The quantitative estimate of drug-likeness (QED) is 0.932. The van der Waals surface area contributed by atoms with Crippen molar-refractivity contribution in [3.05, 3.63) is 71.8 Å². The highest BCUT2D eigenvalue weighted by Gasteiger charge is 2.38. The first-order valence-corrected chi connectivity index (χ1v) is 8.16. The Balaban J connectivity index is 1.83. The molecule has 0 aromatic heterocycles. The molecule has 24 heavy (non-hydrogen) atoms. The lowest BCUT2D eigenvalue weighted by Gasteiger charge is -2.42. The van der Waals surface area contributed by atoms with E-state index in [1.807, 2.05) is 74.5 Å². The fourth-order valence-corrected chi connectivity index (χ4v) is 2.95. The summed E-state index contributed by atoms with van der Waals surface area (Å²) >= 11 is 0. The molecule has 1 N–H and O–H groups in total. The molecule has 3 atom stereocenters. The first-order valence-electron chi connectivity index (χ1n) is 8.16. The van der Waals surface area contributed by atoms with Crippen LogP contribution in [0.1, 0.15) is 37.1 Å². The van der Waals surface area contributed by atoms with Crippen LogP contribution in [0.3, 0.4) is 0 Å². The maximum absolute atomic E-state index is 9.58. The van der Waals surface area contributed by atoms with Crippen molar-refractivity contribution in [2.75, 3.05) is 6.61 Å². The molecule has 0 aliphatic carbocycles. The molecule has 4 heteroatoms. The molecular weight excluding hydrogens is 300 g/mol. The average Bonchev–Trinajstić information content (AvgIpc) is 2.62. The molecule has 2 aromatic carbocycles. The third kappa shape index (κ3) is 3.82. The van der Waals surface area contributed by atoms with Gasteiger partial charge in [0.05, 0.1) is 18.7 Å². The van der Waals surface area contributed by atoms with E-state index in [4.69, 9.17) is 9.47 Å². The summed E-state index contributed by atoms with van der Waals surface area (Å²) in [5.41, 5.74) is 2.02. The maximum atomic E-state index is 9.58. The number of nitrogens with one attached hydrogen (secondary N) is 1. The van der Waals surface area contributed by atoms with Gasteiger partial charge < -0.3 is 9.47 Å². The van der Waals surface area contributed by atoms with Crippen molar-refractivity contribution in [2.24, 2.45) is 0 Å². The number of benzene rings is 2. The van der Waals surface area contributed by atoms with E-state index in [9.17, 15) is 5.26 Å². The lowest BCUT2D eigenvalue weighted by atomic mass is 9.98. The van der Waals surface area contributed by atoms with Crippen LogP contribution >= 0.6 is 0 Å². The topological polar surface area (TPSA) is 54.3 Å². The number of nitrogens with zero attached hydrogens (tertiary/aromatic N) is 1. The fraction of sp³-hybridized carbons (Fsp3) is 0.350. The van der Waals surface area contributed by atoms with Crippen LogP contribution < -0.4 is 5.32 Å². The van der Waals surface area contributed by atoms with Crippen LogP contribution in [0.2, 0.25) is 0 Å². The summed E-state index contributed by atoms with van der Waals surface area (Å²) in [6.07, 6.45) is -0.172. The van der Waals surface area contributed by atoms with Crippen molar-refractivity contribution in [3.63, 3.8) is 0 Å². The largest absolute Gasteiger partial charge is 0.349 e.